The van der Waals surface area contributed by atoms with Crippen LogP contribution in [0.4, 0.5) is 5.69 Å². The molecule has 2 aliphatic carbocycles. The van der Waals surface area contributed by atoms with Crippen LogP contribution >= 0.6 is 11.3 Å². The van der Waals surface area contributed by atoms with Crippen molar-refractivity contribution in [3.8, 4) is 0 Å². The summed E-state index contributed by atoms with van der Waals surface area (Å²) in [6, 6.07) is 7.85. The Kier molecular flexibility index (Phi) is 4.57. The fraction of sp³-hybridized carbons (Fsp3) is 0.429. The molecule has 4 nitrogen and oxygen atoms in total. The number of carbonyl (C=O) groups excluding carboxylic acids is 2. The van der Waals surface area contributed by atoms with Crippen LogP contribution in [0.1, 0.15) is 62.2 Å². The fourth-order valence-corrected chi connectivity index (χ4v) is 4.50. The molecule has 2 amide bonds. The average Bonchev–Trinajstić information content (AvgIpc) is 3.32. The summed E-state index contributed by atoms with van der Waals surface area (Å²) in [5.74, 6) is 0.542. The van der Waals surface area contributed by atoms with Crippen molar-refractivity contribution in [1.29, 1.82) is 0 Å². The van der Waals surface area contributed by atoms with Gasteiger partial charge in [-0.25, -0.2) is 0 Å². The van der Waals surface area contributed by atoms with E-state index in [0.717, 1.165) is 36.1 Å². The molecule has 0 bridgehead atoms. The van der Waals surface area contributed by atoms with Gasteiger partial charge in [0.25, 0.3) is 11.8 Å². The molecule has 0 aliphatic heterocycles. The molecule has 2 N–H and O–H groups in total. The average molecular weight is 369 g/mol. The number of aryl methyl sites for hydroxylation is 2. The van der Waals surface area contributed by atoms with Gasteiger partial charge in [-0.15, -0.1) is 11.3 Å². The molecule has 0 radical (unpaired) electrons. The number of carbonyl (C=O) groups is 2. The van der Waals surface area contributed by atoms with Crippen molar-refractivity contribution in [1.82, 2.24) is 5.32 Å². The predicted octanol–water partition coefficient (Wildman–Crippen LogP) is 4.33. The smallest absolute Gasteiger partial charge is 0.265 e. The van der Waals surface area contributed by atoms with E-state index in [-0.39, 0.29) is 11.8 Å². The minimum atomic E-state index is -0.0834. The Bertz CT molecular complexity index is 867. The molecule has 1 atom stereocenters. The Balaban J connectivity index is 1.51. The van der Waals surface area contributed by atoms with Crippen molar-refractivity contribution in [2.45, 2.75) is 52.0 Å². The lowest BCUT2D eigenvalue weighted by atomic mass is 9.90. The zero-order valence-electron chi connectivity index (χ0n) is 15.2. The minimum absolute atomic E-state index is 0.0661. The van der Waals surface area contributed by atoms with Crippen LogP contribution in [-0.2, 0) is 12.8 Å². The Hall–Kier alpha value is -2.14. The van der Waals surface area contributed by atoms with E-state index >= 15 is 0 Å². The van der Waals surface area contributed by atoms with Gasteiger partial charge in [0.1, 0.15) is 0 Å². The quantitative estimate of drug-likeness (QED) is 0.844. The first-order valence-corrected chi connectivity index (χ1v) is 10.2. The number of hydrogen-bond acceptors (Lipinski definition) is 3. The zero-order valence-corrected chi connectivity index (χ0v) is 16.0. The van der Waals surface area contributed by atoms with Gasteiger partial charge in [0.15, 0.2) is 0 Å². The van der Waals surface area contributed by atoms with Crippen molar-refractivity contribution in [2.75, 3.05) is 5.32 Å². The van der Waals surface area contributed by atoms with Gasteiger partial charge >= 0.3 is 0 Å². The first-order chi connectivity index (χ1) is 12.5. The van der Waals surface area contributed by atoms with Gasteiger partial charge in [0, 0.05) is 22.2 Å². The molecule has 1 saturated carbocycles. The van der Waals surface area contributed by atoms with Gasteiger partial charge in [-0.2, -0.15) is 0 Å². The highest BCUT2D eigenvalue weighted by molar-refractivity contribution is 7.14. The third-order valence-corrected chi connectivity index (χ3v) is 6.45. The summed E-state index contributed by atoms with van der Waals surface area (Å²) >= 11 is 1.61. The van der Waals surface area contributed by atoms with E-state index in [1.807, 2.05) is 25.1 Å². The number of thiophene rings is 1. The monoisotopic (exact) mass is 368 g/mol. The summed E-state index contributed by atoms with van der Waals surface area (Å²) in [5, 5.41) is 5.99. The van der Waals surface area contributed by atoms with Gasteiger partial charge in [0.05, 0.1) is 4.88 Å². The molecule has 136 valence electrons. The second-order valence-electron chi connectivity index (χ2n) is 7.64. The lowest BCUT2D eigenvalue weighted by Gasteiger charge is -2.16. The number of benzene rings is 1. The molecule has 0 saturated heterocycles. The second-order valence-corrected chi connectivity index (χ2v) is 8.78. The Labute approximate surface area is 158 Å². The lowest BCUT2D eigenvalue weighted by Crippen LogP contribution is -2.25. The Morgan fingerprint density at radius 3 is 2.69 bits per heavy atom. The lowest BCUT2D eigenvalue weighted by molar-refractivity contribution is 0.0949. The van der Waals surface area contributed by atoms with Crippen molar-refractivity contribution in [2.24, 2.45) is 5.92 Å². The first kappa shape index (κ1) is 17.3. The largest absolute Gasteiger partial charge is 0.349 e. The molecule has 1 aromatic heterocycles. The maximum Gasteiger partial charge on any atom is 0.265 e. The van der Waals surface area contributed by atoms with Crippen molar-refractivity contribution in [3.05, 3.63) is 50.7 Å². The molecular formula is C21H24N2O2S. The third kappa shape index (κ3) is 3.68. The normalized spacial score (nSPS) is 18.9. The highest BCUT2D eigenvalue weighted by atomic mass is 32.1. The summed E-state index contributed by atoms with van der Waals surface area (Å²) in [6.07, 6.45) is 5.46. The molecule has 26 heavy (non-hydrogen) atoms. The highest BCUT2D eigenvalue weighted by Crippen LogP contribution is 2.32. The fourth-order valence-electron chi connectivity index (χ4n) is 3.40. The van der Waals surface area contributed by atoms with Crippen LogP contribution in [0.5, 0.6) is 0 Å². The maximum absolute atomic E-state index is 12.7. The molecule has 1 aromatic carbocycles. The van der Waals surface area contributed by atoms with E-state index in [4.69, 9.17) is 0 Å². The number of fused-ring (bicyclic) bond motifs is 1. The van der Waals surface area contributed by atoms with E-state index in [1.165, 1.54) is 16.9 Å². The molecule has 5 heteroatoms. The van der Waals surface area contributed by atoms with Crippen molar-refractivity contribution < 1.29 is 9.59 Å². The molecule has 4 rings (SSSR count). The van der Waals surface area contributed by atoms with Gasteiger partial charge in [0.2, 0.25) is 0 Å². The molecule has 1 heterocycles. The molecule has 1 fully saturated rings. The SMILES string of the molecule is Cc1ccc(C(=O)NC2CC2)cc1NC(=O)c1cc2c(s1)CCC(C)C2. The van der Waals surface area contributed by atoms with Gasteiger partial charge in [-0.05, 0) is 74.3 Å². The van der Waals surface area contributed by atoms with E-state index in [1.54, 1.807) is 17.4 Å². The number of anilines is 1. The third-order valence-electron chi connectivity index (χ3n) is 5.21. The number of nitrogens with one attached hydrogen (secondary N) is 2. The van der Waals surface area contributed by atoms with Gasteiger partial charge in [-0.1, -0.05) is 13.0 Å². The van der Waals surface area contributed by atoms with E-state index in [0.29, 0.717) is 23.2 Å². The molecule has 1 unspecified atom stereocenters. The maximum atomic E-state index is 12.7. The van der Waals surface area contributed by atoms with Crippen LogP contribution in [-0.4, -0.2) is 17.9 Å². The summed E-state index contributed by atoms with van der Waals surface area (Å²) in [6.45, 7) is 4.21. The summed E-state index contributed by atoms with van der Waals surface area (Å²) in [7, 11) is 0. The van der Waals surface area contributed by atoms with Crippen LogP contribution in [0.25, 0.3) is 0 Å². The number of rotatable bonds is 4. The molecular weight excluding hydrogens is 344 g/mol. The second kappa shape index (κ2) is 6.88. The number of hydrogen-bond donors (Lipinski definition) is 2. The van der Waals surface area contributed by atoms with Crippen molar-refractivity contribution in [3.63, 3.8) is 0 Å². The molecule has 0 spiro atoms. The molecule has 2 aromatic rings. The van der Waals surface area contributed by atoms with Crippen LogP contribution in [0.2, 0.25) is 0 Å². The Morgan fingerprint density at radius 2 is 1.92 bits per heavy atom. The Morgan fingerprint density at radius 1 is 1.12 bits per heavy atom. The summed E-state index contributed by atoms with van der Waals surface area (Å²) in [4.78, 5) is 27.1. The van der Waals surface area contributed by atoms with E-state index < -0.39 is 0 Å². The van der Waals surface area contributed by atoms with Crippen LogP contribution in [0.15, 0.2) is 24.3 Å². The van der Waals surface area contributed by atoms with Crippen LogP contribution in [0.3, 0.4) is 0 Å². The standard InChI is InChI=1S/C21H24N2O2S/c1-12-3-8-18-15(9-12)11-19(26-18)21(25)23-17-10-14(5-4-13(17)2)20(24)22-16-6-7-16/h4-5,10-12,16H,3,6-9H2,1-2H3,(H,22,24)(H,23,25). The summed E-state index contributed by atoms with van der Waals surface area (Å²) < 4.78 is 0. The van der Waals surface area contributed by atoms with Gasteiger partial charge < -0.3 is 10.6 Å². The first-order valence-electron chi connectivity index (χ1n) is 9.34. The van der Waals surface area contributed by atoms with E-state index in [9.17, 15) is 9.59 Å². The van der Waals surface area contributed by atoms with Gasteiger partial charge in [-0.3, -0.25) is 9.59 Å². The topological polar surface area (TPSA) is 58.2 Å². The van der Waals surface area contributed by atoms with Crippen LogP contribution in [0, 0.1) is 12.8 Å². The zero-order chi connectivity index (χ0) is 18.3. The minimum Gasteiger partial charge on any atom is -0.349 e. The van der Waals surface area contributed by atoms with Crippen molar-refractivity contribution >= 4 is 28.8 Å². The van der Waals surface area contributed by atoms with Crippen LogP contribution < -0.4 is 10.6 Å². The highest BCUT2D eigenvalue weighted by Gasteiger charge is 2.24. The summed E-state index contributed by atoms with van der Waals surface area (Å²) in [5.41, 5.74) is 3.58. The predicted molar refractivity (Wildman–Crippen MR) is 105 cm³/mol. The van der Waals surface area contributed by atoms with E-state index in [2.05, 4.69) is 17.6 Å². The molecule has 2 aliphatic rings. The number of amides is 2.